The molecule has 3 amide bonds. The fourth-order valence-corrected chi connectivity index (χ4v) is 3.31. The van der Waals surface area contributed by atoms with Gasteiger partial charge in [-0.25, -0.2) is 9.18 Å². The third kappa shape index (κ3) is 2.48. The summed E-state index contributed by atoms with van der Waals surface area (Å²) in [7, 11) is 1.61. The second-order valence-corrected chi connectivity index (χ2v) is 6.26. The Labute approximate surface area is 149 Å². The van der Waals surface area contributed by atoms with Crippen molar-refractivity contribution >= 4 is 17.6 Å². The van der Waals surface area contributed by atoms with E-state index < -0.39 is 6.04 Å². The van der Waals surface area contributed by atoms with Crippen LogP contribution in [0.2, 0.25) is 0 Å². The number of hydrogen-bond donors (Lipinski definition) is 2. The van der Waals surface area contributed by atoms with Crippen molar-refractivity contribution in [1.29, 1.82) is 0 Å². The molecule has 0 bridgehead atoms. The maximum absolute atomic E-state index is 13.2. The van der Waals surface area contributed by atoms with E-state index in [1.54, 1.807) is 19.2 Å². The average molecular weight is 353 g/mol. The van der Waals surface area contributed by atoms with Gasteiger partial charge >= 0.3 is 6.03 Å². The second kappa shape index (κ2) is 5.87. The maximum Gasteiger partial charge on any atom is 0.322 e. The largest absolute Gasteiger partial charge is 0.508 e. The number of aromatic hydroxyl groups is 1. The van der Waals surface area contributed by atoms with E-state index in [4.69, 9.17) is 0 Å². The van der Waals surface area contributed by atoms with Crippen LogP contribution in [0.15, 0.2) is 59.8 Å². The van der Waals surface area contributed by atoms with Crippen molar-refractivity contribution in [1.82, 2.24) is 10.2 Å². The summed E-state index contributed by atoms with van der Waals surface area (Å²) >= 11 is 0. The number of urea groups is 1. The molecule has 0 radical (unpaired) electrons. The first kappa shape index (κ1) is 16.1. The van der Waals surface area contributed by atoms with Gasteiger partial charge in [0.15, 0.2) is 0 Å². The van der Waals surface area contributed by atoms with Crippen LogP contribution in [-0.2, 0) is 4.79 Å². The maximum atomic E-state index is 13.2. The Morgan fingerprint density at radius 3 is 2.38 bits per heavy atom. The van der Waals surface area contributed by atoms with Crippen LogP contribution >= 0.6 is 0 Å². The molecule has 2 aromatic carbocycles. The van der Waals surface area contributed by atoms with Crippen LogP contribution in [0.4, 0.5) is 14.9 Å². The molecule has 0 saturated carbocycles. The number of carbonyl (C=O) groups excluding carboxylic acids is 2. The number of hydrogen-bond acceptors (Lipinski definition) is 3. The molecule has 0 aliphatic carbocycles. The summed E-state index contributed by atoms with van der Waals surface area (Å²) in [5.41, 5.74) is 2.35. The van der Waals surface area contributed by atoms with Crippen LogP contribution in [0.3, 0.4) is 0 Å². The summed E-state index contributed by atoms with van der Waals surface area (Å²) in [6.07, 6.45) is 0. The molecule has 1 atom stereocenters. The molecule has 7 heteroatoms. The fraction of sp³-hybridized carbons (Fsp3) is 0.158. The molecule has 0 unspecified atom stereocenters. The number of amides is 3. The van der Waals surface area contributed by atoms with E-state index >= 15 is 0 Å². The lowest BCUT2D eigenvalue weighted by Crippen LogP contribution is -2.45. The first-order valence-electron chi connectivity index (χ1n) is 8.09. The molecule has 26 heavy (non-hydrogen) atoms. The van der Waals surface area contributed by atoms with Gasteiger partial charge in [0.2, 0.25) is 0 Å². The molecule has 0 fully saturated rings. The zero-order valence-corrected chi connectivity index (χ0v) is 13.9. The standard InChI is InChI=1S/C19H16FN3O3/c1-22-15-10-23(13-6-4-12(20)5-7-13)18(25)16(15)17(21-19(22)26)11-2-8-14(24)9-3-11/h2-9,17,24H,10H2,1H3,(H,21,26)/t17-/m1/s1. The first-order chi connectivity index (χ1) is 12.5. The van der Waals surface area contributed by atoms with E-state index in [0.717, 1.165) is 0 Å². The third-order valence-corrected chi connectivity index (χ3v) is 4.73. The minimum Gasteiger partial charge on any atom is -0.508 e. The van der Waals surface area contributed by atoms with Crippen LogP contribution in [-0.4, -0.2) is 35.5 Å². The number of halogens is 1. The van der Waals surface area contributed by atoms with Crippen molar-refractivity contribution in [3.63, 3.8) is 0 Å². The Kier molecular flexibility index (Phi) is 3.64. The van der Waals surface area contributed by atoms with Gasteiger partial charge in [-0.05, 0) is 42.0 Å². The topological polar surface area (TPSA) is 72.9 Å². The summed E-state index contributed by atoms with van der Waals surface area (Å²) in [6.45, 7) is 0.234. The number of anilines is 1. The Balaban J connectivity index is 1.75. The van der Waals surface area contributed by atoms with Gasteiger partial charge in [-0.15, -0.1) is 0 Å². The monoisotopic (exact) mass is 353 g/mol. The minimum absolute atomic E-state index is 0.105. The summed E-state index contributed by atoms with van der Waals surface area (Å²) in [5.74, 6) is -0.515. The van der Waals surface area contributed by atoms with Crippen molar-refractivity contribution < 1.29 is 19.1 Å². The van der Waals surface area contributed by atoms with Gasteiger partial charge in [0, 0.05) is 12.7 Å². The van der Waals surface area contributed by atoms with E-state index in [1.807, 2.05) is 0 Å². The van der Waals surface area contributed by atoms with E-state index in [2.05, 4.69) is 5.32 Å². The van der Waals surface area contributed by atoms with Gasteiger partial charge in [-0.2, -0.15) is 0 Å². The summed E-state index contributed by atoms with van der Waals surface area (Å²) in [4.78, 5) is 28.4. The van der Waals surface area contributed by atoms with Crippen molar-refractivity contribution in [2.45, 2.75) is 6.04 Å². The summed E-state index contributed by atoms with van der Waals surface area (Å²) in [6, 6.07) is 11.1. The number of likely N-dealkylation sites (N-methyl/N-ethyl adjacent to an activating group) is 1. The molecule has 2 heterocycles. The number of nitrogens with one attached hydrogen (secondary N) is 1. The number of phenolic OH excluding ortho intramolecular Hbond substituents is 1. The highest BCUT2D eigenvalue weighted by atomic mass is 19.1. The second-order valence-electron chi connectivity index (χ2n) is 6.26. The Morgan fingerprint density at radius 2 is 1.73 bits per heavy atom. The van der Waals surface area contributed by atoms with Gasteiger partial charge < -0.3 is 15.3 Å². The predicted molar refractivity (Wildman–Crippen MR) is 92.9 cm³/mol. The van der Waals surface area contributed by atoms with Crippen LogP contribution in [0.5, 0.6) is 5.75 Å². The highest BCUT2D eigenvalue weighted by Gasteiger charge is 2.43. The molecule has 2 aliphatic rings. The molecule has 2 aromatic rings. The SMILES string of the molecule is CN1C(=O)N[C@H](c2ccc(O)cc2)C2=C1CN(c1ccc(F)cc1)C2=O. The minimum atomic E-state index is -0.604. The van der Waals surface area contributed by atoms with E-state index in [1.165, 1.54) is 46.2 Å². The van der Waals surface area contributed by atoms with Crippen LogP contribution in [0.25, 0.3) is 0 Å². The molecule has 6 nitrogen and oxygen atoms in total. The van der Waals surface area contributed by atoms with Crippen molar-refractivity contribution in [3.8, 4) is 5.75 Å². The number of carbonyl (C=O) groups is 2. The fourth-order valence-electron chi connectivity index (χ4n) is 3.31. The zero-order valence-electron chi connectivity index (χ0n) is 13.9. The molecule has 2 aliphatic heterocycles. The average Bonchev–Trinajstić information content (AvgIpc) is 2.97. The lowest BCUT2D eigenvalue weighted by molar-refractivity contribution is -0.114. The van der Waals surface area contributed by atoms with Crippen molar-refractivity contribution in [2.24, 2.45) is 0 Å². The number of benzene rings is 2. The molecular formula is C19H16FN3O3. The molecule has 0 spiro atoms. The summed E-state index contributed by atoms with van der Waals surface area (Å²) in [5, 5.41) is 12.3. The molecule has 4 rings (SSSR count). The van der Waals surface area contributed by atoms with Gasteiger partial charge in [0.25, 0.3) is 5.91 Å². The van der Waals surface area contributed by atoms with Gasteiger partial charge in [-0.1, -0.05) is 12.1 Å². The van der Waals surface area contributed by atoms with Crippen LogP contribution in [0, 0.1) is 5.82 Å². The van der Waals surface area contributed by atoms with E-state index in [-0.39, 0.29) is 30.0 Å². The molecular weight excluding hydrogens is 337 g/mol. The Hall–Kier alpha value is -3.35. The number of rotatable bonds is 2. The third-order valence-electron chi connectivity index (χ3n) is 4.73. The van der Waals surface area contributed by atoms with Crippen LogP contribution < -0.4 is 10.2 Å². The molecule has 0 aromatic heterocycles. The molecule has 2 N–H and O–H groups in total. The molecule has 0 saturated heterocycles. The van der Waals surface area contributed by atoms with Crippen molar-refractivity contribution in [2.75, 3.05) is 18.5 Å². The predicted octanol–water partition coefficient (Wildman–Crippen LogP) is 2.53. The van der Waals surface area contributed by atoms with Crippen molar-refractivity contribution in [3.05, 3.63) is 71.2 Å². The first-order valence-corrected chi connectivity index (χ1v) is 8.09. The Bertz CT molecular complexity index is 922. The normalized spacial score (nSPS) is 19.7. The summed E-state index contributed by atoms with van der Waals surface area (Å²) < 4.78 is 13.2. The molecule has 132 valence electrons. The van der Waals surface area contributed by atoms with E-state index in [0.29, 0.717) is 22.5 Å². The van der Waals surface area contributed by atoms with Gasteiger partial charge in [0.05, 0.1) is 23.9 Å². The highest BCUT2D eigenvalue weighted by Crippen LogP contribution is 2.37. The Morgan fingerprint density at radius 1 is 1.08 bits per heavy atom. The smallest absolute Gasteiger partial charge is 0.322 e. The van der Waals surface area contributed by atoms with Crippen LogP contribution in [0.1, 0.15) is 11.6 Å². The highest BCUT2D eigenvalue weighted by molar-refractivity contribution is 6.11. The number of phenols is 1. The van der Waals surface area contributed by atoms with Gasteiger partial charge in [-0.3, -0.25) is 9.69 Å². The van der Waals surface area contributed by atoms with E-state index in [9.17, 15) is 19.1 Å². The quantitative estimate of drug-likeness (QED) is 0.871. The lowest BCUT2D eigenvalue weighted by Gasteiger charge is -2.31. The lowest BCUT2D eigenvalue weighted by atomic mass is 9.95. The van der Waals surface area contributed by atoms with Gasteiger partial charge in [0.1, 0.15) is 11.6 Å². The zero-order chi connectivity index (χ0) is 18.4. The number of nitrogens with zero attached hydrogens (tertiary/aromatic N) is 2.